The van der Waals surface area contributed by atoms with Gasteiger partial charge in [0.25, 0.3) is 0 Å². The molecule has 0 aromatic heterocycles. The minimum absolute atomic E-state index is 1.75. The molecule has 0 amide bonds. The largest absolute Gasteiger partial charge is 0.372 e. The molecule has 26 heavy (non-hydrogen) atoms. The minimum Gasteiger partial charge on any atom is -0.372 e. The van der Waals surface area contributed by atoms with Crippen molar-refractivity contribution in [2.24, 2.45) is 0 Å². The molecule has 0 bridgehead atoms. The number of halogens is 10. The van der Waals surface area contributed by atoms with Gasteiger partial charge in [0.2, 0.25) is 23.2 Å². The van der Waals surface area contributed by atoms with Crippen LogP contribution < -0.4 is 4.18 Å². The van der Waals surface area contributed by atoms with Gasteiger partial charge >= 0.3 is 10.1 Å². The average Bonchev–Trinajstić information content (AvgIpc) is 2.58. The number of benzene rings is 2. The molecule has 3 nitrogen and oxygen atoms in total. The Hall–Kier alpha value is -2.15. The minimum atomic E-state index is -6.18. The van der Waals surface area contributed by atoms with Crippen molar-refractivity contribution in [3.63, 3.8) is 0 Å². The van der Waals surface area contributed by atoms with Crippen molar-refractivity contribution in [2.45, 2.75) is 4.90 Å². The first-order chi connectivity index (χ1) is 11.8. The lowest BCUT2D eigenvalue weighted by molar-refractivity contribution is 0.348. The van der Waals surface area contributed by atoms with Crippen molar-refractivity contribution >= 4 is 21.7 Å². The van der Waals surface area contributed by atoms with E-state index in [1.54, 1.807) is 0 Å². The molecular weight excluding hydrogens is 431 g/mol. The summed E-state index contributed by atoms with van der Waals surface area (Å²) in [5.41, 5.74) is 0. The second-order valence-corrected chi connectivity index (χ2v) is 6.20. The van der Waals surface area contributed by atoms with Crippen molar-refractivity contribution in [3.8, 4) is 5.75 Å². The molecule has 2 rings (SSSR count). The molecule has 14 heteroatoms. The molecule has 0 aliphatic rings. The molecule has 2 aromatic carbocycles. The standard InChI is InChI=1S/C12ClF9O3S/c13-1-2(14)7(19)11(8(20)3(1)15)25-26(23,24)12-9(21)5(17)4(16)6(18)10(12)22. The summed E-state index contributed by atoms with van der Waals surface area (Å²) in [4.78, 5) is -2.64. The molecule has 0 N–H and O–H groups in total. The molecule has 142 valence electrons. The fraction of sp³-hybridized carbons (Fsp3) is 0. The quantitative estimate of drug-likeness (QED) is 0.315. The van der Waals surface area contributed by atoms with E-state index >= 15 is 0 Å². The van der Waals surface area contributed by atoms with E-state index < -0.39 is 78.1 Å². The molecule has 0 aliphatic heterocycles. The Morgan fingerprint density at radius 3 is 1.31 bits per heavy atom. The topological polar surface area (TPSA) is 43.4 Å². The van der Waals surface area contributed by atoms with Crippen LogP contribution in [0.25, 0.3) is 0 Å². The highest BCUT2D eigenvalue weighted by Gasteiger charge is 2.37. The Balaban J connectivity index is 2.74. The second-order valence-electron chi connectivity index (χ2n) is 4.34. The van der Waals surface area contributed by atoms with Gasteiger partial charge in [-0.2, -0.15) is 17.2 Å². The molecule has 2 aromatic rings. The highest BCUT2D eigenvalue weighted by Crippen LogP contribution is 2.35. The van der Waals surface area contributed by atoms with Gasteiger partial charge in [0.15, 0.2) is 39.8 Å². The Morgan fingerprint density at radius 2 is 0.923 bits per heavy atom. The van der Waals surface area contributed by atoms with E-state index in [0.29, 0.717) is 0 Å². The van der Waals surface area contributed by atoms with Crippen molar-refractivity contribution in [2.75, 3.05) is 0 Å². The first kappa shape index (κ1) is 20.2. The molecule has 0 unspecified atom stereocenters. The third kappa shape index (κ3) is 2.94. The first-order valence-electron chi connectivity index (χ1n) is 5.80. The van der Waals surface area contributed by atoms with Gasteiger partial charge in [-0.3, -0.25) is 0 Å². The fourth-order valence-electron chi connectivity index (χ4n) is 1.61. The van der Waals surface area contributed by atoms with Crippen LogP contribution in [-0.4, -0.2) is 8.42 Å². The number of hydrogen-bond donors (Lipinski definition) is 0. The third-order valence-electron chi connectivity index (χ3n) is 2.78. The highest BCUT2D eigenvalue weighted by atomic mass is 35.5. The van der Waals surface area contributed by atoms with Gasteiger partial charge in [-0.05, 0) is 0 Å². The van der Waals surface area contributed by atoms with Gasteiger partial charge in [-0.25, -0.2) is 30.7 Å². The van der Waals surface area contributed by atoms with Crippen LogP contribution in [0.15, 0.2) is 4.90 Å². The van der Waals surface area contributed by atoms with Crippen LogP contribution in [0, 0.1) is 52.4 Å². The van der Waals surface area contributed by atoms with Gasteiger partial charge in [0.1, 0.15) is 5.02 Å². The summed E-state index contributed by atoms with van der Waals surface area (Å²) in [7, 11) is -6.18. The summed E-state index contributed by atoms with van der Waals surface area (Å²) < 4.78 is 146. The molecular formula is C12ClF9O3S. The van der Waals surface area contributed by atoms with E-state index in [0.717, 1.165) is 0 Å². The van der Waals surface area contributed by atoms with Crippen LogP contribution in [0.1, 0.15) is 0 Å². The Bertz CT molecular complexity index is 981. The monoisotopic (exact) mass is 430 g/mol. The summed E-state index contributed by atoms with van der Waals surface area (Å²) in [6.45, 7) is 0. The maximum absolute atomic E-state index is 13.5. The van der Waals surface area contributed by atoms with E-state index in [9.17, 15) is 47.9 Å². The SMILES string of the molecule is O=S(=O)(Oc1c(F)c(F)c(Cl)c(F)c1F)c1c(F)c(F)c(F)c(F)c1F. The van der Waals surface area contributed by atoms with Gasteiger partial charge in [0, 0.05) is 0 Å². The molecule has 0 heterocycles. The normalized spacial score (nSPS) is 11.8. The fourth-order valence-corrected chi connectivity index (χ4v) is 2.85. The Labute approximate surface area is 142 Å². The van der Waals surface area contributed by atoms with Gasteiger partial charge in [0.05, 0.1) is 0 Å². The number of rotatable bonds is 3. The predicted octanol–water partition coefficient (Wildman–Crippen LogP) is 4.36. The smallest absolute Gasteiger partial charge is 0.345 e. The molecule has 0 spiro atoms. The molecule has 0 saturated carbocycles. The Kier molecular flexibility index (Phi) is 5.07. The summed E-state index contributed by atoms with van der Waals surface area (Å²) in [6, 6.07) is 0. The number of hydrogen-bond acceptors (Lipinski definition) is 3. The lowest BCUT2D eigenvalue weighted by atomic mass is 10.3. The lowest BCUT2D eigenvalue weighted by Crippen LogP contribution is -2.19. The Morgan fingerprint density at radius 1 is 0.577 bits per heavy atom. The molecule has 0 radical (unpaired) electrons. The van der Waals surface area contributed by atoms with Gasteiger partial charge in [-0.1, -0.05) is 11.6 Å². The zero-order valence-corrected chi connectivity index (χ0v) is 13.0. The zero-order chi connectivity index (χ0) is 20.1. The maximum atomic E-state index is 13.5. The van der Waals surface area contributed by atoms with Crippen molar-refractivity contribution < 1.29 is 52.1 Å². The van der Waals surface area contributed by atoms with E-state index in [4.69, 9.17) is 11.6 Å². The summed E-state index contributed by atoms with van der Waals surface area (Å²) in [6.07, 6.45) is 0. The van der Waals surface area contributed by atoms with Crippen LogP contribution in [0.3, 0.4) is 0 Å². The molecule has 0 aliphatic carbocycles. The lowest BCUT2D eigenvalue weighted by Gasteiger charge is -2.12. The summed E-state index contributed by atoms with van der Waals surface area (Å²) >= 11 is 4.86. The van der Waals surface area contributed by atoms with Crippen LogP contribution in [-0.2, 0) is 10.1 Å². The predicted molar refractivity (Wildman–Crippen MR) is 65.3 cm³/mol. The van der Waals surface area contributed by atoms with Gasteiger partial charge < -0.3 is 4.18 Å². The summed E-state index contributed by atoms with van der Waals surface area (Å²) in [5.74, 6) is -26.2. The van der Waals surface area contributed by atoms with Gasteiger partial charge in [-0.15, -0.1) is 0 Å². The van der Waals surface area contributed by atoms with E-state index in [2.05, 4.69) is 4.18 Å². The maximum Gasteiger partial charge on any atom is 0.345 e. The zero-order valence-electron chi connectivity index (χ0n) is 11.4. The first-order valence-corrected chi connectivity index (χ1v) is 7.58. The van der Waals surface area contributed by atoms with Crippen molar-refractivity contribution in [1.82, 2.24) is 0 Å². The van der Waals surface area contributed by atoms with Crippen LogP contribution >= 0.6 is 11.6 Å². The van der Waals surface area contributed by atoms with Crippen LogP contribution in [0.5, 0.6) is 5.75 Å². The van der Waals surface area contributed by atoms with E-state index in [-0.39, 0.29) is 0 Å². The van der Waals surface area contributed by atoms with Crippen molar-refractivity contribution in [1.29, 1.82) is 0 Å². The molecule has 0 atom stereocenters. The van der Waals surface area contributed by atoms with E-state index in [1.807, 2.05) is 0 Å². The van der Waals surface area contributed by atoms with Crippen molar-refractivity contribution in [3.05, 3.63) is 57.4 Å². The highest BCUT2D eigenvalue weighted by molar-refractivity contribution is 7.87. The average molecular weight is 431 g/mol. The summed E-state index contributed by atoms with van der Waals surface area (Å²) in [5, 5.41) is -1.75. The van der Waals surface area contributed by atoms with Crippen LogP contribution in [0.4, 0.5) is 39.5 Å². The molecule has 0 fully saturated rings. The third-order valence-corrected chi connectivity index (χ3v) is 4.36. The van der Waals surface area contributed by atoms with Crippen LogP contribution in [0.2, 0.25) is 5.02 Å². The molecule has 0 saturated heterocycles. The second kappa shape index (κ2) is 6.54. The van der Waals surface area contributed by atoms with E-state index in [1.165, 1.54) is 0 Å².